The van der Waals surface area contributed by atoms with Crippen LogP contribution in [0.4, 0.5) is 0 Å². The van der Waals surface area contributed by atoms with E-state index in [-0.39, 0.29) is 23.7 Å². The highest BCUT2D eigenvalue weighted by Crippen LogP contribution is 2.46. The van der Waals surface area contributed by atoms with Gasteiger partial charge in [0.1, 0.15) is 0 Å². The van der Waals surface area contributed by atoms with Gasteiger partial charge in [0.15, 0.2) is 5.82 Å². The zero-order chi connectivity index (χ0) is 22.9. The number of aromatic nitrogens is 3. The Balaban J connectivity index is 1.37. The van der Waals surface area contributed by atoms with Crippen LogP contribution in [-0.2, 0) is 16.1 Å². The molecule has 1 fully saturated rings. The van der Waals surface area contributed by atoms with Gasteiger partial charge in [-0.2, -0.15) is 4.98 Å². The minimum absolute atomic E-state index is 0.00549. The van der Waals surface area contributed by atoms with Crippen LogP contribution in [0.2, 0.25) is 0 Å². The third kappa shape index (κ3) is 4.07. The molecule has 0 radical (unpaired) electrons. The highest BCUT2D eigenvalue weighted by Gasteiger charge is 2.47. The van der Waals surface area contributed by atoms with Gasteiger partial charge in [-0.15, -0.1) is 0 Å². The van der Waals surface area contributed by atoms with Gasteiger partial charge in [0.2, 0.25) is 11.8 Å². The highest BCUT2D eigenvalue weighted by molar-refractivity contribution is 5.99. The van der Waals surface area contributed by atoms with Crippen molar-refractivity contribution in [3.8, 4) is 11.1 Å². The molecule has 5 rings (SSSR count). The van der Waals surface area contributed by atoms with Crippen molar-refractivity contribution in [1.29, 1.82) is 0 Å². The standard InChI is InChI=1S/C25H22N4O4/c1-14-28-24(33-29-14)21-11-20(21)23(30)27-12-17-6-7-18(19-8-9-26-13-22(17)19)15-4-3-5-16(10-15)25(31)32-2/h3-10,13,20-21H,11-12H2,1-2H3,(H,27,30). The summed E-state index contributed by atoms with van der Waals surface area (Å²) in [7, 11) is 1.37. The number of esters is 1. The maximum absolute atomic E-state index is 12.7. The SMILES string of the molecule is COC(=O)c1cccc(-c2ccc(CNC(=O)C3CC3c3nc(C)no3)c3cnccc23)c1. The van der Waals surface area contributed by atoms with Crippen molar-refractivity contribution in [2.75, 3.05) is 7.11 Å². The molecule has 4 aromatic rings. The molecule has 0 saturated heterocycles. The summed E-state index contributed by atoms with van der Waals surface area (Å²) in [5.74, 6) is 0.552. The minimum Gasteiger partial charge on any atom is -0.465 e. The van der Waals surface area contributed by atoms with E-state index in [0.717, 1.165) is 27.5 Å². The number of hydrogen-bond donors (Lipinski definition) is 1. The molecule has 1 N–H and O–H groups in total. The number of aryl methyl sites for hydroxylation is 1. The Morgan fingerprint density at radius 1 is 1.18 bits per heavy atom. The van der Waals surface area contributed by atoms with Crippen molar-refractivity contribution < 1.29 is 18.8 Å². The van der Waals surface area contributed by atoms with E-state index in [2.05, 4.69) is 20.4 Å². The molecule has 2 heterocycles. The Kier molecular flexibility index (Phi) is 5.34. The molecule has 0 bridgehead atoms. The Morgan fingerprint density at radius 2 is 2.06 bits per heavy atom. The molecule has 8 heteroatoms. The Hall–Kier alpha value is -4.07. The normalized spacial score (nSPS) is 17.0. The second kappa shape index (κ2) is 8.46. The van der Waals surface area contributed by atoms with E-state index in [4.69, 9.17) is 9.26 Å². The van der Waals surface area contributed by atoms with E-state index < -0.39 is 0 Å². The number of methoxy groups -OCH3 is 1. The zero-order valence-electron chi connectivity index (χ0n) is 18.2. The number of rotatable bonds is 6. The van der Waals surface area contributed by atoms with E-state index in [9.17, 15) is 9.59 Å². The Morgan fingerprint density at radius 3 is 2.85 bits per heavy atom. The smallest absolute Gasteiger partial charge is 0.337 e. The average Bonchev–Trinajstić information content (AvgIpc) is 3.54. The number of fused-ring (bicyclic) bond motifs is 1. The van der Waals surface area contributed by atoms with Gasteiger partial charge in [-0.05, 0) is 53.6 Å². The predicted molar refractivity (Wildman–Crippen MR) is 120 cm³/mol. The lowest BCUT2D eigenvalue weighted by Crippen LogP contribution is -2.25. The van der Waals surface area contributed by atoms with Crippen LogP contribution >= 0.6 is 0 Å². The van der Waals surface area contributed by atoms with Crippen molar-refractivity contribution in [2.24, 2.45) is 5.92 Å². The number of carbonyl (C=O) groups is 2. The number of hydrogen-bond acceptors (Lipinski definition) is 7. The second-order valence-corrected chi connectivity index (χ2v) is 8.11. The molecule has 0 spiro atoms. The first-order chi connectivity index (χ1) is 16.0. The summed E-state index contributed by atoms with van der Waals surface area (Å²) in [6.07, 6.45) is 4.25. The molecular formula is C25H22N4O4. The van der Waals surface area contributed by atoms with Crippen molar-refractivity contribution >= 4 is 22.6 Å². The number of nitrogens with zero attached hydrogens (tertiary/aromatic N) is 3. The quantitative estimate of drug-likeness (QED) is 0.453. The van der Waals surface area contributed by atoms with Crippen LogP contribution in [0.25, 0.3) is 21.9 Å². The first-order valence-electron chi connectivity index (χ1n) is 10.7. The molecular weight excluding hydrogens is 420 g/mol. The maximum Gasteiger partial charge on any atom is 0.337 e. The summed E-state index contributed by atoms with van der Waals surface area (Å²) >= 11 is 0. The zero-order valence-corrected chi connectivity index (χ0v) is 18.2. The molecule has 0 aliphatic heterocycles. The number of pyridine rings is 1. The maximum atomic E-state index is 12.7. The van der Waals surface area contributed by atoms with Crippen LogP contribution in [0.5, 0.6) is 0 Å². The van der Waals surface area contributed by atoms with Gasteiger partial charge in [-0.25, -0.2) is 4.79 Å². The first kappa shape index (κ1) is 20.8. The molecule has 2 aromatic carbocycles. The number of amides is 1. The lowest BCUT2D eigenvalue weighted by Gasteiger charge is -2.13. The van der Waals surface area contributed by atoms with Gasteiger partial charge in [0, 0.05) is 24.3 Å². The lowest BCUT2D eigenvalue weighted by molar-refractivity contribution is -0.122. The number of nitrogens with one attached hydrogen (secondary N) is 1. The third-order valence-corrected chi connectivity index (χ3v) is 5.94. The Bertz CT molecular complexity index is 1360. The summed E-state index contributed by atoms with van der Waals surface area (Å²) in [5, 5.41) is 8.77. The van der Waals surface area contributed by atoms with E-state index in [1.54, 1.807) is 25.4 Å². The molecule has 2 unspecified atom stereocenters. The summed E-state index contributed by atoms with van der Waals surface area (Å²) in [4.78, 5) is 33.1. The summed E-state index contributed by atoms with van der Waals surface area (Å²) in [6.45, 7) is 2.15. The molecule has 1 aliphatic rings. The molecule has 2 aromatic heterocycles. The van der Waals surface area contributed by atoms with Crippen LogP contribution in [0.3, 0.4) is 0 Å². The molecule has 1 aliphatic carbocycles. The van der Waals surface area contributed by atoms with Crippen molar-refractivity contribution in [2.45, 2.75) is 25.8 Å². The minimum atomic E-state index is -0.378. The predicted octanol–water partition coefficient (Wildman–Crippen LogP) is 3.80. The second-order valence-electron chi connectivity index (χ2n) is 8.11. The van der Waals surface area contributed by atoms with E-state index in [1.807, 2.05) is 36.4 Å². The molecule has 166 valence electrons. The fourth-order valence-corrected chi connectivity index (χ4v) is 4.12. The average molecular weight is 442 g/mol. The van der Waals surface area contributed by atoms with Gasteiger partial charge < -0.3 is 14.6 Å². The van der Waals surface area contributed by atoms with Crippen molar-refractivity contribution in [3.05, 3.63) is 77.7 Å². The fraction of sp³-hybridized carbons (Fsp3) is 0.240. The van der Waals surface area contributed by atoms with Gasteiger partial charge in [-0.1, -0.05) is 29.4 Å². The van der Waals surface area contributed by atoms with E-state index in [0.29, 0.717) is 30.2 Å². The van der Waals surface area contributed by atoms with Crippen LogP contribution in [0.15, 0.2) is 59.4 Å². The summed E-state index contributed by atoms with van der Waals surface area (Å²) in [5.41, 5.74) is 3.33. The lowest BCUT2D eigenvalue weighted by atomic mass is 9.95. The first-order valence-corrected chi connectivity index (χ1v) is 10.7. The molecule has 1 saturated carbocycles. The van der Waals surface area contributed by atoms with Crippen LogP contribution in [0, 0.1) is 12.8 Å². The monoisotopic (exact) mass is 442 g/mol. The Labute approximate surface area is 190 Å². The molecule has 1 amide bonds. The van der Waals surface area contributed by atoms with Crippen LogP contribution < -0.4 is 5.32 Å². The molecule has 2 atom stereocenters. The summed E-state index contributed by atoms with van der Waals surface area (Å²) < 4.78 is 10.0. The van der Waals surface area contributed by atoms with Crippen molar-refractivity contribution in [3.63, 3.8) is 0 Å². The highest BCUT2D eigenvalue weighted by atomic mass is 16.5. The number of benzene rings is 2. The van der Waals surface area contributed by atoms with Gasteiger partial charge >= 0.3 is 5.97 Å². The van der Waals surface area contributed by atoms with E-state index in [1.165, 1.54) is 7.11 Å². The fourth-order valence-electron chi connectivity index (χ4n) is 4.12. The van der Waals surface area contributed by atoms with Crippen LogP contribution in [0.1, 0.15) is 40.0 Å². The number of ether oxygens (including phenoxy) is 1. The topological polar surface area (TPSA) is 107 Å². The molecule has 8 nitrogen and oxygen atoms in total. The molecule has 33 heavy (non-hydrogen) atoms. The summed E-state index contributed by atoms with van der Waals surface area (Å²) in [6, 6.07) is 13.3. The van der Waals surface area contributed by atoms with Gasteiger partial charge in [0.05, 0.1) is 24.5 Å². The van der Waals surface area contributed by atoms with Crippen LogP contribution in [-0.4, -0.2) is 34.1 Å². The largest absolute Gasteiger partial charge is 0.465 e. The van der Waals surface area contributed by atoms with Gasteiger partial charge in [-0.3, -0.25) is 9.78 Å². The number of carbonyl (C=O) groups excluding carboxylic acids is 2. The third-order valence-electron chi connectivity index (χ3n) is 5.94. The van der Waals surface area contributed by atoms with Gasteiger partial charge in [0.25, 0.3) is 0 Å². The van der Waals surface area contributed by atoms with E-state index >= 15 is 0 Å². The van der Waals surface area contributed by atoms with Crippen molar-refractivity contribution in [1.82, 2.24) is 20.4 Å².